The van der Waals surface area contributed by atoms with Gasteiger partial charge in [-0.2, -0.15) is 0 Å². The smallest absolute Gasteiger partial charge is 0.0959 e. The van der Waals surface area contributed by atoms with Crippen molar-refractivity contribution in [3.8, 4) is 0 Å². The fraction of sp³-hybridized carbons (Fsp3) is 0.267. The predicted octanol–water partition coefficient (Wildman–Crippen LogP) is 3.99. The van der Waals surface area contributed by atoms with Crippen molar-refractivity contribution >= 4 is 21.9 Å². The van der Waals surface area contributed by atoms with Crippen LogP contribution in [0, 0.1) is 0 Å². The summed E-state index contributed by atoms with van der Waals surface area (Å²) in [4.78, 5) is 4.52. The van der Waals surface area contributed by atoms with E-state index < -0.39 is 0 Å². The van der Waals surface area contributed by atoms with Gasteiger partial charge < -0.3 is 4.57 Å². The van der Waals surface area contributed by atoms with Gasteiger partial charge in [0.15, 0.2) is 0 Å². The van der Waals surface area contributed by atoms with Crippen LogP contribution in [0.15, 0.2) is 42.6 Å². The molecule has 0 saturated carbocycles. The Morgan fingerprint density at radius 3 is 2.76 bits per heavy atom. The number of benzene rings is 1. The fourth-order valence-electron chi connectivity index (χ4n) is 2.42. The zero-order chi connectivity index (χ0) is 11.7. The molecule has 0 unspecified atom stereocenters. The SMILES string of the molecule is CCCCn1c2ccccc2c2ncccc21. The standard InChI is InChI=1S/C15H16N2/c1-2-3-11-17-13-8-5-4-7-12(13)15-14(17)9-6-10-16-15/h4-10H,2-3,11H2,1H3. The minimum absolute atomic E-state index is 1.08. The molecular formula is C15H16N2. The van der Waals surface area contributed by atoms with Crippen LogP contribution in [0.1, 0.15) is 19.8 Å². The Bertz CT molecular complexity index is 599. The number of hydrogen-bond acceptors (Lipinski definition) is 1. The Hall–Kier alpha value is -1.83. The van der Waals surface area contributed by atoms with Crippen molar-refractivity contribution in [3.63, 3.8) is 0 Å². The topological polar surface area (TPSA) is 17.8 Å². The van der Waals surface area contributed by atoms with Crippen LogP contribution in [0.3, 0.4) is 0 Å². The van der Waals surface area contributed by atoms with Gasteiger partial charge in [-0.05, 0) is 24.6 Å². The molecule has 0 spiro atoms. The summed E-state index contributed by atoms with van der Waals surface area (Å²) in [6, 6.07) is 12.7. The molecule has 2 heterocycles. The molecule has 2 heteroatoms. The highest BCUT2D eigenvalue weighted by Gasteiger charge is 2.09. The number of rotatable bonds is 3. The molecule has 0 amide bonds. The summed E-state index contributed by atoms with van der Waals surface area (Å²) >= 11 is 0. The molecule has 3 aromatic rings. The van der Waals surface area contributed by atoms with Gasteiger partial charge in [0.05, 0.1) is 16.6 Å². The highest BCUT2D eigenvalue weighted by molar-refractivity contribution is 6.05. The molecule has 3 rings (SSSR count). The Morgan fingerprint density at radius 2 is 1.88 bits per heavy atom. The Morgan fingerprint density at radius 1 is 1.06 bits per heavy atom. The van der Waals surface area contributed by atoms with Gasteiger partial charge in [0.2, 0.25) is 0 Å². The molecular weight excluding hydrogens is 208 g/mol. The van der Waals surface area contributed by atoms with Crippen LogP contribution in [-0.2, 0) is 6.54 Å². The molecule has 2 nitrogen and oxygen atoms in total. The third-order valence-electron chi connectivity index (χ3n) is 3.26. The second-order valence-corrected chi connectivity index (χ2v) is 4.39. The lowest BCUT2D eigenvalue weighted by atomic mass is 10.2. The average molecular weight is 224 g/mol. The van der Waals surface area contributed by atoms with Crippen molar-refractivity contribution < 1.29 is 0 Å². The molecule has 0 fully saturated rings. The molecule has 17 heavy (non-hydrogen) atoms. The van der Waals surface area contributed by atoms with E-state index in [0.717, 1.165) is 12.1 Å². The van der Waals surface area contributed by atoms with Crippen molar-refractivity contribution in [2.24, 2.45) is 0 Å². The van der Waals surface area contributed by atoms with Gasteiger partial charge >= 0.3 is 0 Å². The monoisotopic (exact) mass is 224 g/mol. The van der Waals surface area contributed by atoms with Crippen molar-refractivity contribution in [2.45, 2.75) is 26.3 Å². The van der Waals surface area contributed by atoms with Gasteiger partial charge in [-0.3, -0.25) is 4.98 Å². The first kappa shape index (κ1) is 10.3. The highest BCUT2D eigenvalue weighted by Crippen LogP contribution is 2.27. The van der Waals surface area contributed by atoms with Gasteiger partial charge in [0.1, 0.15) is 0 Å². The van der Waals surface area contributed by atoms with Crippen LogP contribution in [-0.4, -0.2) is 9.55 Å². The van der Waals surface area contributed by atoms with E-state index in [4.69, 9.17) is 0 Å². The minimum atomic E-state index is 1.08. The molecule has 0 N–H and O–H groups in total. The summed E-state index contributed by atoms with van der Waals surface area (Å²) in [5.74, 6) is 0. The van der Waals surface area contributed by atoms with E-state index in [1.165, 1.54) is 29.3 Å². The maximum atomic E-state index is 4.52. The lowest BCUT2D eigenvalue weighted by Crippen LogP contribution is -1.96. The van der Waals surface area contributed by atoms with Crippen LogP contribution < -0.4 is 0 Å². The first-order valence-corrected chi connectivity index (χ1v) is 6.24. The lowest BCUT2D eigenvalue weighted by molar-refractivity contribution is 0.664. The van der Waals surface area contributed by atoms with E-state index in [-0.39, 0.29) is 0 Å². The number of pyridine rings is 1. The van der Waals surface area contributed by atoms with Crippen LogP contribution in [0.25, 0.3) is 21.9 Å². The maximum Gasteiger partial charge on any atom is 0.0959 e. The summed E-state index contributed by atoms with van der Waals surface area (Å²) in [6.07, 6.45) is 4.30. The quantitative estimate of drug-likeness (QED) is 0.657. The molecule has 2 aromatic heterocycles. The largest absolute Gasteiger partial charge is 0.339 e. The molecule has 1 aromatic carbocycles. The van der Waals surface area contributed by atoms with Crippen molar-refractivity contribution in [2.75, 3.05) is 0 Å². The number of hydrogen-bond donors (Lipinski definition) is 0. The van der Waals surface area contributed by atoms with E-state index in [0.29, 0.717) is 0 Å². The molecule has 0 radical (unpaired) electrons. The third kappa shape index (κ3) is 1.60. The highest BCUT2D eigenvalue weighted by atomic mass is 15.0. The van der Waals surface area contributed by atoms with Gasteiger partial charge in [0, 0.05) is 18.1 Å². The zero-order valence-electron chi connectivity index (χ0n) is 10.1. The molecule has 86 valence electrons. The molecule has 0 saturated heterocycles. The van der Waals surface area contributed by atoms with Gasteiger partial charge in [0.25, 0.3) is 0 Å². The normalized spacial score (nSPS) is 11.4. The fourth-order valence-corrected chi connectivity index (χ4v) is 2.42. The molecule has 0 bridgehead atoms. The maximum absolute atomic E-state index is 4.52. The van der Waals surface area contributed by atoms with E-state index in [9.17, 15) is 0 Å². The second-order valence-electron chi connectivity index (χ2n) is 4.39. The number of aryl methyl sites for hydroxylation is 1. The first-order valence-electron chi connectivity index (χ1n) is 6.24. The lowest BCUT2D eigenvalue weighted by Gasteiger charge is -2.05. The number of aromatic nitrogens is 2. The summed E-state index contributed by atoms with van der Waals surface area (Å²) in [5, 5.41) is 1.26. The van der Waals surface area contributed by atoms with Crippen LogP contribution >= 0.6 is 0 Å². The number of para-hydroxylation sites is 1. The van der Waals surface area contributed by atoms with Crippen molar-refractivity contribution in [1.82, 2.24) is 9.55 Å². The first-order chi connectivity index (χ1) is 8.42. The Kier molecular flexibility index (Phi) is 2.56. The van der Waals surface area contributed by atoms with Crippen LogP contribution in [0.4, 0.5) is 0 Å². The van der Waals surface area contributed by atoms with Crippen LogP contribution in [0.5, 0.6) is 0 Å². The third-order valence-corrected chi connectivity index (χ3v) is 3.26. The average Bonchev–Trinajstić information content (AvgIpc) is 2.71. The molecule has 0 aliphatic rings. The van der Waals surface area contributed by atoms with Crippen LogP contribution in [0.2, 0.25) is 0 Å². The number of nitrogens with zero attached hydrogens (tertiary/aromatic N) is 2. The molecule has 0 aliphatic carbocycles. The van der Waals surface area contributed by atoms with E-state index in [1.54, 1.807) is 0 Å². The van der Waals surface area contributed by atoms with Gasteiger partial charge in [-0.15, -0.1) is 0 Å². The summed E-state index contributed by atoms with van der Waals surface area (Å²) in [6.45, 7) is 3.30. The number of unbranched alkanes of at least 4 members (excludes halogenated alkanes) is 1. The molecule has 0 atom stereocenters. The van der Waals surface area contributed by atoms with E-state index in [1.807, 2.05) is 12.3 Å². The summed E-state index contributed by atoms with van der Waals surface area (Å²) < 4.78 is 2.39. The van der Waals surface area contributed by atoms with Crippen molar-refractivity contribution in [1.29, 1.82) is 0 Å². The number of fused-ring (bicyclic) bond motifs is 3. The Balaban J connectivity index is 2.33. The predicted molar refractivity (Wildman–Crippen MR) is 72.1 cm³/mol. The van der Waals surface area contributed by atoms with E-state index in [2.05, 4.69) is 46.8 Å². The summed E-state index contributed by atoms with van der Waals surface area (Å²) in [7, 11) is 0. The van der Waals surface area contributed by atoms with Gasteiger partial charge in [-0.1, -0.05) is 31.5 Å². The second kappa shape index (κ2) is 4.21. The Labute approximate surface area is 101 Å². The molecule has 0 aliphatic heterocycles. The zero-order valence-corrected chi connectivity index (χ0v) is 10.1. The van der Waals surface area contributed by atoms with E-state index >= 15 is 0 Å². The summed E-state index contributed by atoms with van der Waals surface area (Å²) in [5.41, 5.74) is 3.68. The minimum Gasteiger partial charge on any atom is -0.339 e. The van der Waals surface area contributed by atoms with Gasteiger partial charge in [-0.25, -0.2) is 0 Å². The van der Waals surface area contributed by atoms with Crippen molar-refractivity contribution in [3.05, 3.63) is 42.6 Å².